The van der Waals surface area contributed by atoms with Gasteiger partial charge in [0.25, 0.3) is 0 Å². The van der Waals surface area contributed by atoms with E-state index in [4.69, 9.17) is 11.5 Å². The fourth-order valence-electron chi connectivity index (χ4n) is 1.78. The van der Waals surface area contributed by atoms with Gasteiger partial charge in [-0.25, -0.2) is 18.7 Å². The van der Waals surface area contributed by atoms with Crippen molar-refractivity contribution in [1.29, 1.82) is 0 Å². The summed E-state index contributed by atoms with van der Waals surface area (Å²) in [5.41, 5.74) is 11.3. The van der Waals surface area contributed by atoms with Gasteiger partial charge in [0.2, 0.25) is 17.7 Å². The largest absolute Gasteiger partial charge is 0.384 e. The second-order valence-corrected chi connectivity index (χ2v) is 4.43. The summed E-state index contributed by atoms with van der Waals surface area (Å²) in [6.07, 6.45) is 1.44. The molecule has 8 nitrogen and oxygen atoms in total. The lowest BCUT2D eigenvalue weighted by atomic mass is 10.3. The molecule has 0 spiro atoms. The number of nitrogens with two attached hydrogens (primary N) is 2. The zero-order chi connectivity index (χ0) is 16.4. The average Bonchev–Trinajstić information content (AvgIpc) is 2.45. The fraction of sp³-hybridized carbons (Fsp3) is 0. The van der Waals surface area contributed by atoms with Crippen molar-refractivity contribution in [2.45, 2.75) is 0 Å². The molecule has 0 aliphatic rings. The zero-order valence-corrected chi connectivity index (χ0v) is 11.5. The third kappa shape index (κ3) is 3.43. The SMILES string of the molecule is Nc1ccnc(-c2nc(N)nc(Nc3cc(F)cc(F)c3)n2)n1. The highest BCUT2D eigenvalue weighted by molar-refractivity contribution is 5.57. The molecule has 0 atom stereocenters. The summed E-state index contributed by atoms with van der Waals surface area (Å²) in [6, 6.07) is 4.42. The molecular weight excluding hydrogens is 306 g/mol. The molecule has 2 aromatic heterocycles. The molecule has 23 heavy (non-hydrogen) atoms. The van der Waals surface area contributed by atoms with Crippen LogP contribution in [0.3, 0.4) is 0 Å². The monoisotopic (exact) mass is 316 g/mol. The van der Waals surface area contributed by atoms with Gasteiger partial charge in [0.15, 0.2) is 5.82 Å². The molecule has 0 fully saturated rings. The minimum absolute atomic E-state index is 0.0106. The summed E-state index contributed by atoms with van der Waals surface area (Å²) in [6.45, 7) is 0. The lowest BCUT2D eigenvalue weighted by molar-refractivity contribution is 0.584. The molecule has 0 unspecified atom stereocenters. The Morgan fingerprint density at radius 2 is 1.61 bits per heavy atom. The number of benzene rings is 1. The summed E-state index contributed by atoms with van der Waals surface area (Å²) >= 11 is 0. The van der Waals surface area contributed by atoms with Gasteiger partial charge in [-0.3, -0.25) is 0 Å². The maximum Gasteiger partial charge on any atom is 0.232 e. The summed E-state index contributed by atoms with van der Waals surface area (Å²) < 4.78 is 26.4. The van der Waals surface area contributed by atoms with E-state index < -0.39 is 11.6 Å². The number of halogens is 2. The van der Waals surface area contributed by atoms with E-state index in [1.165, 1.54) is 12.3 Å². The Morgan fingerprint density at radius 3 is 2.30 bits per heavy atom. The molecule has 1 aromatic carbocycles. The van der Waals surface area contributed by atoms with Crippen LogP contribution in [0.4, 0.5) is 32.2 Å². The minimum Gasteiger partial charge on any atom is -0.384 e. The molecule has 2 heterocycles. The highest BCUT2D eigenvalue weighted by Crippen LogP contribution is 2.19. The third-order valence-electron chi connectivity index (χ3n) is 2.65. The van der Waals surface area contributed by atoms with Gasteiger partial charge in [0, 0.05) is 18.0 Å². The average molecular weight is 316 g/mol. The molecule has 116 valence electrons. The Kier molecular flexibility index (Phi) is 3.63. The van der Waals surface area contributed by atoms with Crippen LogP contribution >= 0.6 is 0 Å². The highest BCUT2D eigenvalue weighted by Gasteiger charge is 2.11. The zero-order valence-electron chi connectivity index (χ0n) is 11.5. The molecule has 3 aromatic rings. The van der Waals surface area contributed by atoms with Crippen molar-refractivity contribution in [2.24, 2.45) is 0 Å². The Labute approximate surface area is 128 Å². The number of hydrogen-bond donors (Lipinski definition) is 3. The molecule has 10 heteroatoms. The molecule has 0 radical (unpaired) electrons. The number of nitrogens with one attached hydrogen (secondary N) is 1. The second-order valence-electron chi connectivity index (χ2n) is 4.43. The van der Waals surface area contributed by atoms with Crippen molar-refractivity contribution in [2.75, 3.05) is 16.8 Å². The lowest BCUT2D eigenvalue weighted by Gasteiger charge is -2.07. The van der Waals surface area contributed by atoms with Crippen LogP contribution in [0.2, 0.25) is 0 Å². The number of anilines is 4. The standard InChI is InChI=1S/C13H10F2N8/c14-6-3-7(15)5-8(4-6)19-13-22-11(21-12(17)23-13)10-18-2-1-9(16)20-10/h1-5H,(H2,16,18,20)(H3,17,19,21,22,23). The van der Waals surface area contributed by atoms with E-state index in [0.717, 1.165) is 18.2 Å². The summed E-state index contributed by atoms with van der Waals surface area (Å²) in [5.74, 6) is -1.15. The number of rotatable bonds is 3. The Bertz CT molecular complexity index is 850. The topological polar surface area (TPSA) is 129 Å². The first-order chi connectivity index (χ1) is 11.0. The first-order valence-corrected chi connectivity index (χ1v) is 6.33. The van der Waals surface area contributed by atoms with E-state index in [2.05, 4.69) is 30.2 Å². The van der Waals surface area contributed by atoms with Crippen molar-refractivity contribution in [3.8, 4) is 11.6 Å². The van der Waals surface area contributed by atoms with E-state index in [9.17, 15) is 8.78 Å². The smallest absolute Gasteiger partial charge is 0.232 e. The van der Waals surface area contributed by atoms with Crippen LogP contribution in [-0.2, 0) is 0 Å². The number of nitrogen functional groups attached to an aromatic ring is 2. The molecular formula is C13H10F2N8. The predicted molar refractivity (Wildman–Crippen MR) is 79.3 cm³/mol. The summed E-state index contributed by atoms with van der Waals surface area (Å²) in [5, 5.41) is 2.64. The maximum atomic E-state index is 13.2. The van der Waals surface area contributed by atoms with Gasteiger partial charge in [0.1, 0.15) is 17.5 Å². The van der Waals surface area contributed by atoms with Gasteiger partial charge in [-0.15, -0.1) is 0 Å². The van der Waals surface area contributed by atoms with Crippen LogP contribution in [0.15, 0.2) is 30.5 Å². The van der Waals surface area contributed by atoms with Crippen LogP contribution in [-0.4, -0.2) is 24.9 Å². The van der Waals surface area contributed by atoms with Crippen LogP contribution in [0.25, 0.3) is 11.6 Å². The molecule has 0 amide bonds. The number of hydrogen-bond acceptors (Lipinski definition) is 8. The van der Waals surface area contributed by atoms with Crippen molar-refractivity contribution in [1.82, 2.24) is 24.9 Å². The minimum atomic E-state index is -0.742. The van der Waals surface area contributed by atoms with Gasteiger partial charge in [0.05, 0.1) is 0 Å². The quantitative estimate of drug-likeness (QED) is 0.663. The van der Waals surface area contributed by atoms with E-state index in [1.807, 2.05) is 0 Å². The first kappa shape index (κ1) is 14.5. The van der Waals surface area contributed by atoms with Crippen molar-refractivity contribution in [3.63, 3.8) is 0 Å². The highest BCUT2D eigenvalue weighted by atomic mass is 19.1. The Morgan fingerprint density at radius 1 is 0.870 bits per heavy atom. The first-order valence-electron chi connectivity index (χ1n) is 6.33. The number of nitrogens with zero attached hydrogens (tertiary/aromatic N) is 5. The van der Waals surface area contributed by atoms with E-state index in [1.54, 1.807) is 0 Å². The Balaban J connectivity index is 1.97. The fourth-order valence-corrected chi connectivity index (χ4v) is 1.78. The van der Waals surface area contributed by atoms with E-state index >= 15 is 0 Å². The molecule has 0 aliphatic heterocycles. The van der Waals surface area contributed by atoms with Crippen molar-refractivity contribution >= 4 is 23.4 Å². The molecule has 0 saturated carbocycles. The predicted octanol–water partition coefficient (Wildman–Crippen LogP) is 1.51. The van der Waals surface area contributed by atoms with Gasteiger partial charge < -0.3 is 16.8 Å². The van der Waals surface area contributed by atoms with Crippen LogP contribution in [0.5, 0.6) is 0 Å². The molecule has 3 rings (SSSR count). The van der Waals surface area contributed by atoms with E-state index in [0.29, 0.717) is 0 Å². The van der Waals surface area contributed by atoms with Gasteiger partial charge in [-0.05, 0) is 18.2 Å². The molecule has 0 saturated heterocycles. The maximum absolute atomic E-state index is 13.2. The molecule has 0 aliphatic carbocycles. The normalized spacial score (nSPS) is 10.5. The van der Waals surface area contributed by atoms with Crippen LogP contribution < -0.4 is 16.8 Å². The van der Waals surface area contributed by atoms with Crippen LogP contribution in [0.1, 0.15) is 0 Å². The van der Waals surface area contributed by atoms with Gasteiger partial charge in [-0.2, -0.15) is 15.0 Å². The van der Waals surface area contributed by atoms with Gasteiger partial charge in [-0.1, -0.05) is 0 Å². The summed E-state index contributed by atoms with van der Waals surface area (Å²) in [7, 11) is 0. The van der Waals surface area contributed by atoms with E-state index in [-0.39, 0.29) is 35.1 Å². The van der Waals surface area contributed by atoms with Crippen molar-refractivity contribution < 1.29 is 8.78 Å². The van der Waals surface area contributed by atoms with Crippen LogP contribution in [0, 0.1) is 11.6 Å². The third-order valence-corrected chi connectivity index (χ3v) is 2.65. The Hall–Kier alpha value is -3.43. The molecule has 0 bridgehead atoms. The number of aromatic nitrogens is 5. The van der Waals surface area contributed by atoms with Gasteiger partial charge >= 0.3 is 0 Å². The summed E-state index contributed by atoms with van der Waals surface area (Å²) in [4.78, 5) is 19.8. The lowest BCUT2D eigenvalue weighted by Crippen LogP contribution is -2.07. The second kappa shape index (κ2) is 5.75. The van der Waals surface area contributed by atoms with Crippen molar-refractivity contribution in [3.05, 3.63) is 42.1 Å². The molecule has 5 N–H and O–H groups in total.